The highest BCUT2D eigenvalue weighted by Gasteiger charge is 2.10. The van der Waals surface area contributed by atoms with Crippen LogP contribution in [0.5, 0.6) is 5.75 Å². The van der Waals surface area contributed by atoms with Crippen molar-refractivity contribution in [3.63, 3.8) is 0 Å². The van der Waals surface area contributed by atoms with Crippen molar-refractivity contribution in [1.29, 1.82) is 0 Å². The van der Waals surface area contributed by atoms with Crippen LogP contribution in [0.1, 0.15) is 18.5 Å². The van der Waals surface area contributed by atoms with E-state index < -0.39 is 5.82 Å². The molecule has 1 unspecified atom stereocenters. The maximum absolute atomic E-state index is 12.9. The van der Waals surface area contributed by atoms with Gasteiger partial charge < -0.3 is 20.1 Å². The number of nitrogens with one attached hydrogen (secondary N) is 1. The zero-order chi connectivity index (χ0) is 14.3. The van der Waals surface area contributed by atoms with Gasteiger partial charge in [-0.3, -0.25) is 0 Å². The Morgan fingerprint density at radius 3 is 2.79 bits per heavy atom. The van der Waals surface area contributed by atoms with Crippen LogP contribution in [0.25, 0.3) is 0 Å². The Hall–Kier alpha value is -1.17. The molecule has 0 bridgehead atoms. The van der Waals surface area contributed by atoms with E-state index in [9.17, 15) is 9.50 Å². The van der Waals surface area contributed by atoms with Crippen LogP contribution >= 0.6 is 0 Å². The van der Waals surface area contributed by atoms with Crippen LogP contribution in [0.15, 0.2) is 18.2 Å². The Kier molecular flexibility index (Phi) is 6.77. The number of methoxy groups -OCH3 is 1. The second kappa shape index (κ2) is 8.09. The van der Waals surface area contributed by atoms with E-state index in [0.29, 0.717) is 12.2 Å². The molecule has 108 valence electrons. The lowest BCUT2D eigenvalue weighted by molar-refractivity contribution is 0.161. The van der Waals surface area contributed by atoms with E-state index in [1.807, 2.05) is 14.0 Å². The zero-order valence-corrected chi connectivity index (χ0v) is 11.8. The molecule has 19 heavy (non-hydrogen) atoms. The minimum absolute atomic E-state index is 0.00672. The minimum atomic E-state index is -0.423. The van der Waals surface area contributed by atoms with E-state index in [1.54, 1.807) is 13.2 Å². The first-order chi connectivity index (χ1) is 9.04. The largest absolute Gasteiger partial charge is 0.508 e. The van der Waals surface area contributed by atoms with Gasteiger partial charge in [-0.2, -0.15) is 0 Å². The molecule has 0 aromatic heterocycles. The van der Waals surface area contributed by atoms with Crippen LogP contribution in [-0.4, -0.2) is 50.4 Å². The van der Waals surface area contributed by atoms with E-state index in [4.69, 9.17) is 4.74 Å². The van der Waals surface area contributed by atoms with Gasteiger partial charge in [-0.05, 0) is 20.0 Å². The predicted molar refractivity (Wildman–Crippen MR) is 73.9 cm³/mol. The second-order valence-electron chi connectivity index (χ2n) is 4.68. The minimum Gasteiger partial charge on any atom is -0.508 e. The van der Waals surface area contributed by atoms with Crippen LogP contribution in [-0.2, 0) is 4.74 Å². The number of halogens is 1. The lowest BCUT2D eigenvalue weighted by Gasteiger charge is -2.19. The van der Waals surface area contributed by atoms with Crippen molar-refractivity contribution in [3.8, 4) is 5.75 Å². The van der Waals surface area contributed by atoms with Crippen molar-refractivity contribution >= 4 is 0 Å². The summed E-state index contributed by atoms with van der Waals surface area (Å²) in [5.41, 5.74) is 0.709. The van der Waals surface area contributed by atoms with Gasteiger partial charge in [-0.1, -0.05) is 6.07 Å². The molecule has 1 aromatic carbocycles. The van der Waals surface area contributed by atoms with Crippen molar-refractivity contribution < 1.29 is 14.2 Å². The molecule has 0 saturated heterocycles. The van der Waals surface area contributed by atoms with E-state index in [1.165, 1.54) is 6.07 Å². The van der Waals surface area contributed by atoms with Gasteiger partial charge in [0.2, 0.25) is 0 Å². The summed E-state index contributed by atoms with van der Waals surface area (Å²) in [6, 6.07) is 4.09. The molecule has 0 fully saturated rings. The quantitative estimate of drug-likeness (QED) is 0.755. The molecule has 0 spiro atoms. The van der Waals surface area contributed by atoms with Crippen LogP contribution in [0.4, 0.5) is 4.39 Å². The summed E-state index contributed by atoms with van der Waals surface area (Å²) in [4.78, 5) is 2.16. The Labute approximate surface area is 114 Å². The maximum Gasteiger partial charge on any atom is 0.126 e. The zero-order valence-electron chi connectivity index (χ0n) is 11.8. The van der Waals surface area contributed by atoms with E-state index in [2.05, 4.69) is 10.2 Å². The molecule has 0 heterocycles. The lowest BCUT2D eigenvalue weighted by Crippen LogP contribution is -2.32. The van der Waals surface area contributed by atoms with Crippen LogP contribution in [0.2, 0.25) is 0 Å². The molecule has 0 aliphatic heterocycles. The van der Waals surface area contributed by atoms with Gasteiger partial charge in [-0.15, -0.1) is 0 Å². The second-order valence-corrected chi connectivity index (χ2v) is 4.68. The number of rotatable bonds is 8. The Balaban J connectivity index is 2.36. The van der Waals surface area contributed by atoms with Crippen LogP contribution in [0.3, 0.4) is 0 Å². The van der Waals surface area contributed by atoms with E-state index >= 15 is 0 Å². The topological polar surface area (TPSA) is 44.7 Å². The van der Waals surface area contributed by atoms with Gasteiger partial charge in [0.05, 0.1) is 6.61 Å². The van der Waals surface area contributed by atoms with Gasteiger partial charge in [0.1, 0.15) is 11.6 Å². The first kappa shape index (κ1) is 15.9. The highest BCUT2D eigenvalue weighted by Crippen LogP contribution is 2.24. The van der Waals surface area contributed by atoms with Crippen molar-refractivity contribution in [2.24, 2.45) is 0 Å². The van der Waals surface area contributed by atoms with Crippen LogP contribution < -0.4 is 5.32 Å². The molecule has 4 nitrogen and oxygen atoms in total. The fraction of sp³-hybridized carbons (Fsp3) is 0.571. The summed E-state index contributed by atoms with van der Waals surface area (Å²) in [6.45, 7) is 5.22. The average molecular weight is 270 g/mol. The molecule has 0 radical (unpaired) electrons. The third kappa shape index (κ3) is 5.55. The summed E-state index contributed by atoms with van der Waals surface area (Å²) in [5, 5.41) is 13.0. The van der Waals surface area contributed by atoms with Gasteiger partial charge in [-0.25, -0.2) is 4.39 Å². The van der Waals surface area contributed by atoms with E-state index in [-0.39, 0.29) is 11.8 Å². The molecule has 1 aromatic rings. The van der Waals surface area contributed by atoms with Crippen LogP contribution in [0, 0.1) is 5.82 Å². The molecule has 0 aliphatic rings. The SMILES string of the molecule is COCCN(C)CCNC(C)c1ccc(F)cc1O. The van der Waals surface area contributed by atoms with Gasteiger partial charge in [0, 0.05) is 44.4 Å². The number of phenols is 1. The summed E-state index contributed by atoms with van der Waals surface area (Å²) in [7, 11) is 3.71. The molecule has 5 heteroatoms. The molecular formula is C14H23FN2O2. The van der Waals surface area contributed by atoms with Gasteiger partial charge in [0.15, 0.2) is 0 Å². The summed E-state index contributed by atoms with van der Waals surface area (Å²) < 4.78 is 17.9. The highest BCUT2D eigenvalue weighted by molar-refractivity contribution is 5.34. The average Bonchev–Trinajstić information content (AvgIpc) is 2.36. The van der Waals surface area contributed by atoms with Gasteiger partial charge >= 0.3 is 0 Å². The molecule has 0 amide bonds. The Bertz CT molecular complexity index is 388. The molecular weight excluding hydrogens is 247 g/mol. The molecule has 0 saturated carbocycles. The molecule has 0 aliphatic carbocycles. The summed E-state index contributed by atoms with van der Waals surface area (Å²) in [5.74, 6) is -0.430. The standard InChI is InChI=1S/C14H23FN2O2/c1-11(13-5-4-12(15)10-14(13)18)16-6-7-17(2)8-9-19-3/h4-5,10-11,16,18H,6-9H2,1-3H3. The molecule has 2 N–H and O–H groups in total. The van der Waals surface area contributed by atoms with Gasteiger partial charge in [0.25, 0.3) is 0 Å². The monoisotopic (exact) mass is 270 g/mol. The smallest absolute Gasteiger partial charge is 0.126 e. The molecule has 1 rings (SSSR count). The number of hydrogen-bond donors (Lipinski definition) is 2. The number of benzene rings is 1. The van der Waals surface area contributed by atoms with Crippen molar-refractivity contribution in [2.45, 2.75) is 13.0 Å². The Morgan fingerprint density at radius 1 is 1.42 bits per heavy atom. The number of ether oxygens (including phenoxy) is 1. The first-order valence-electron chi connectivity index (χ1n) is 6.44. The normalized spacial score (nSPS) is 12.9. The van der Waals surface area contributed by atoms with Crippen molar-refractivity contribution in [2.75, 3.05) is 40.4 Å². The number of hydrogen-bond acceptors (Lipinski definition) is 4. The third-order valence-corrected chi connectivity index (χ3v) is 3.08. The third-order valence-electron chi connectivity index (χ3n) is 3.08. The first-order valence-corrected chi connectivity index (χ1v) is 6.44. The predicted octanol–water partition coefficient (Wildman–Crippen LogP) is 1.76. The fourth-order valence-corrected chi connectivity index (χ4v) is 1.82. The van der Waals surface area contributed by atoms with Crippen molar-refractivity contribution in [1.82, 2.24) is 10.2 Å². The lowest BCUT2D eigenvalue weighted by atomic mass is 10.1. The van der Waals surface area contributed by atoms with Crippen molar-refractivity contribution in [3.05, 3.63) is 29.6 Å². The fourth-order valence-electron chi connectivity index (χ4n) is 1.82. The van der Waals surface area contributed by atoms with E-state index in [0.717, 1.165) is 25.7 Å². The number of phenolic OH excluding ortho intramolecular Hbond substituents is 1. The summed E-state index contributed by atoms with van der Waals surface area (Å²) in [6.07, 6.45) is 0. The maximum atomic E-state index is 12.9. The number of nitrogens with zero attached hydrogens (tertiary/aromatic N) is 1. The highest BCUT2D eigenvalue weighted by atomic mass is 19.1. The summed E-state index contributed by atoms with van der Waals surface area (Å²) >= 11 is 0. The number of likely N-dealkylation sites (N-methyl/N-ethyl adjacent to an activating group) is 1. The molecule has 1 atom stereocenters. The number of aromatic hydroxyl groups is 1. The Morgan fingerprint density at radius 2 is 2.16 bits per heavy atom.